The molecule has 38 heavy (non-hydrogen) atoms. The van der Waals surface area contributed by atoms with Crippen molar-refractivity contribution < 1.29 is 28.5 Å². The Morgan fingerprint density at radius 3 is 1.16 bits per heavy atom. The van der Waals surface area contributed by atoms with E-state index >= 15 is 0 Å². The molecule has 1 aliphatic rings. The van der Waals surface area contributed by atoms with Gasteiger partial charge in [-0.2, -0.15) is 0 Å². The van der Waals surface area contributed by atoms with Crippen LogP contribution in [0.5, 0.6) is 0 Å². The van der Waals surface area contributed by atoms with Gasteiger partial charge in [-0.3, -0.25) is 19.4 Å². The Labute approximate surface area is 225 Å². The van der Waals surface area contributed by atoms with Crippen molar-refractivity contribution in [3.63, 3.8) is 0 Å². The van der Waals surface area contributed by atoms with Gasteiger partial charge in [0.2, 0.25) is 11.8 Å². The van der Waals surface area contributed by atoms with Gasteiger partial charge in [-0.1, -0.05) is 36.4 Å². The van der Waals surface area contributed by atoms with Crippen molar-refractivity contribution in [3.05, 3.63) is 60.7 Å². The third-order valence-corrected chi connectivity index (χ3v) is 5.80. The zero-order valence-electron chi connectivity index (χ0n) is 22.0. The highest BCUT2D eigenvalue weighted by Gasteiger charge is 2.13. The van der Waals surface area contributed by atoms with Crippen molar-refractivity contribution in [1.29, 1.82) is 0 Å². The molecule has 0 bridgehead atoms. The van der Waals surface area contributed by atoms with Crippen LogP contribution in [-0.4, -0.2) is 114 Å². The summed E-state index contributed by atoms with van der Waals surface area (Å²) >= 11 is 0. The molecule has 10 nitrogen and oxygen atoms in total. The van der Waals surface area contributed by atoms with Crippen molar-refractivity contribution in [3.8, 4) is 0 Å². The normalized spacial score (nSPS) is 18.1. The minimum Gasteiger partial charge on any atom is -0.378 e. The lowest BCUT2D eigenvalue weighted by Gasteiger charge is -2.23. The van der Waals surface area contributed by atoms with E-state index < -0.39 is 0 Å². The molecule has 1 saturated heterocycles. The van der Waals surface area contributed by atoms with Gasteiger partial charge in [0.05, 0.1) is 65.9 Å². The summed E-state index contributed by atoms with van der Waals surface area (Å²) < 4.78 is 22.9. The van der Waals surface area contributed by atoms with Crippen molar-refractivity contribution in [2.45, 2.75) is 0 Å². The highest BCUT2D eigenvalue weighted by atomic mass is 16.5. The van der Waals surface area contributed by atoms with Crippen LogP contribution in [-0.2, 0) is 28.5 Å². The van der Waals surface area contributed by atoms with E-state index in [1.165, 1.54) is 0 Å². The maximum atomic E-state index is 12.5. The summed E-state index contributed by atoms with van der Waals surface area (Å²) in [5.41, 5.74) is 1.55. The van der Waals surface area contributed by atoms with Crippen LogP contribution in [0.3, 0.4) is 0 Å². The molecule has 2 amide bonds. The molecule has 0 aromatic heterocycles. The molecule has 2 aromatic rings. The monoisotopic (exact) mass is 528 g/mol. The minimum atomic E-state index is -0.0768. The Hall–Kier alpha value is -2.86. The topological polar surface area (TPSA) is 102 Å². The SMILES string of the molecule is O=C(CN1CCOCCOCCN(CC(=O)Nc2ccccc2)CCOCCOCC1)Nc1ccccc1. The van der Waals surface area contributed by atoms with E-state index in [4.69, 9.17) is 18.9 Å². The summed E-state index contributed by atoms with van der Waals surface area (Å²) in [6.07, 6.45) is 0. The maximum Gasteiger partial charge on any atom is 0.238 e. The largest absolute Gasteiger partial charge is 0.378 e. The molecule has 0 atom stereocenters. The zero-order chi connectivity index (χ0) is 26.7. The molecule has 1 aliphatic heterocycles. The lowest BCUT2D eigenvalue weighted by Crippen LogP contribution is -2.38. The zero-order valence-corrected chi connectivity index (χ0v) is 22.0. The van der Waals surface area contributed by atoms with E-state index in [0.717, 1.165) is 11.4 Å². The first-order chi connectivity index (χ1) is 18.7. The number of nitrogens with one attached hydrogen (secondary N) is 2. The molecule has 0 aliphatic carbocycles. The number of benzene rings is 2. The summed E-state index contributed by atoms with van der Waals surface area (Å²) in [6.45, 7) is 6.68. The summed E-state index contributed by atoms with van der Waals surface area (Å²) in [6, 6.07) is 18.8. The summed E-state index contributed by atoms with van der Waals surface area (Å²) in [5, 5.41) is 5.84. The van der Waals surface area contributed by atoms with Crippen LogP contribution in [0.4, 0.5) is 11.4 Å². The smallest absolute Gasteiger partial charge is 0.238 e. The molecule has 3 rings (SSSR count). The lowest BCUT2D eigenvalue weighted by molar-refractivity contribution is -0.118. The van der Waals surface area contributed by atoms with Gasteiger partial charge in [-0.25, -0.2) is 0 Å². The number of carbonyl (C=O) groups is 2. The van der Waals surface area contributed by atoms with Crippen molar-refractivity contribution >= 4 is 23.2 Å². The Kier molecular flexibility index (Phi) is 14.4. The number of amides is 2. The highest BCUT2D eigenvalue weighted by Crippen LogP contribution is 2.06. The van der Waals surface area contributed by atoms with Gasteiger partial charge < -0.3 is 29.6 Å². The molecule has 1 heterocycles. The maximum absolute atomic E-state index is 12.5. The van der Waals surface area contributed by atoms with Gasteiger partial charge in [0.25, 0.3) is 0 Å². The van der Waals surface area contributed by atoms with Gasteiger partial charge in [0, 0.05) is 37.6 Å². The molecule has 2 N–H and O–H groups in total. The number of hydrogen-bond acceptors (Lipinski definition) is 8. The Morgan fingerprint density at radius 2 is 0.842 bits per heavy atom. The van der Waals surface area contributed by atoms with Crippen LogP contribution in [0.25, 0.3) is 0 Å². The number of carbonyl (C=O) groups excluding carboxylic acids is 2. The predicted molar refractivity (Wildman–Crippen MR) is 146 cm³/mol. The summed E-state index contributed by atoms with van der Waals surface area (Å²) in [5.74, 6) is -0.154. The molecule has 0 spiro atoms. The lowest BCUT2D eigenvalue weighted by atomic mass is 10.3. The average Bonchev–Trinajstić information content (AvgIpc) is 2.91. The number of rotatable bonds is 6. The number of nitrogens with zero attached hydrogens (tertiary/aromatic N) is 2. The molecule has 0 unspecified atom stereocenters. The first kappa shape index (κ1) is 29.7. The fourth-order valence-corrected chi connectivity index (χ4v) is 3.81. The third kappa shape index (κ3) is 13.1. The quantitative estimate of drug-likeness (QED) is 0.587. The van der Waals surface area contributed by atoms with E-state index in [-0.39, 0.29) is 24.9 Å². The fraction of sp³-hybridized carbons (Fsp3) is 0.500. The van der Waals surface area contributed by atoms with E-state index in [2.05, 4.69) is 10.6 Å². The summed E-state index contributed by atoms with van der Waals surface area (Å²) in [7, 11) is 0. The minimum absolute atomic E-state index is 0.0768. The van der Waals surface area contributed by atoms with Crippen LogP contribution in [0.1, 0.15) is 0 Å². The Morgan fingerprint density at radius 1 is 0.526 bits per heavy atom. The molecule has 208 valence electrons. The second-order valence-corrected chi connectivity index (χ2v) is 8.83. The van der Waals surface area contributed by atoms with Crippen LogP contribution >= 0.6 is 0 Å². The fourth-order valence-electron chi connectivity index (χ4n) is 3.81. The van der Waals surface area contributed by atoms with Crippen LogP contribution in [0.2, 0.25) is 0 Å². The molecule has 10 heteroatoms. The Bertz CT molecular complexity index is 823. The second-order valence-electron chi connectivity index (χ2n) is 8.83. The van der Waals surface area contributed by atoms with Gasteiger partial charge in [-0.15, -0.1) is 0 Å². The number of hydrogen-bond donors (Lipinski definition) is 2. The van der Waals surface area contributed by atoms with Crippen LogP contribution < -0.4 is 10.6 Å². The number of anilines is 2. The van der Waals surface area contributed by atoms with Crippen molar-refractivity contribution in [1.82, 2.24) is 9.80 Å². The molecule has 0 saturated carbocycles. The van der Waals surface area contributed by atoms with E-state index in [1.54, 1.807) is 0 Å². The predicted octanol–water partition coefficient (Wildman–Crippen LogP) is 1.95. The standard InChI is InChI=1S/C28H40N4O6/c33-27(29-25-7-3-1-4-8-25)23-31-11-15-35-19-21-37-17-13-32(14-18-38-22-20-36-16-12-31)24-28(34)30-26-9-5-2-6-10-26/h1-10H,11-24H2,(H,29,33)(H,30,34). The molecule has 0 radical (unpaired) electrons. The van der Waals surface area contributed by atoms with E-state index in [9.17, 15) is 9.59 Å². The molecule has 2 aromatic carbocycles. The summed E-state index contributed by atoms with van der Waals surface area (Å²) in [4.78, 5) is 29.0. The second kappa shape index (κ2) is 18.4. The first-order valence-corrected chi connectivity index (χ1v) is 13.1. The number of para-hydroxylation sites is 2. The Balaban J connectivity index is 1.40. The first-order valence-electron chi connectivity index (χ1n) is 13.1. The van der Waals surface area contributed by atoms with E-state index in [0.29, 0.717) is 79.0 Å². The van der Waals surface area contributed by atoms with E-state index in [1.807, 2.05) is 70.5 Å². The van der Waals surface area contributed by atoms with Gasteiger partial charge >= 0.3 is 0 Å². The van der Waals surface area contributed by atoms with Crippen LogP contribution in [0, 0.1) is 0 Å². The third-order valence-electron chi connectivity index (χ3n) is 5.80. The van der Waals surface area contributed by atoms with Gasteiger partial charge in [0.1, 0.15) is 0 Å². The van der Waals surface area contributed by atoms with Gasteiger partial charge in [0.15, 0.2) is 0 Å². The number of ether oxygens (including phenoxy) is 4. The van der Waals surface area contributed by atoms with Crippen LogP contribution in [0.15, 0.2) is 60.7 Å². The van der Waals surface area contributed by atoms with Crippen molar-refractivity contribution in [2.75, 3.05) is 103 Å². The average molecular weight is 529 g/mol. The molecule has 1 fully saturated rings. The molecular weight excluding hydrogens is 488 g/mol. The van der Waals surface area contributed by atoms with Gasteiger partial charge in [-0.05, 0) is 24.3 Å². The highest BCUT2D eigenvalue weighted by molar-refractivity contribution is 5.92. The molecular formula is C28H40N4O6. The van der Waals surface area contributed by atoms with Crippen molar-refractivity contribution in [2.24, 2.45) is 0 Å².